The fourth-order valence-corrected chi connectivity index (χ4v) is 2.58. The van der Waals surface area contributed by atoms with Gasteiger partial charge in [0.1, 0.15) is 5.82 Å². The zero-order chi connectivity index (χ0) is 14.1. The van der Waals surface area contributed by atoms with Gasteiger partial charge in [0.15, 0.2) is 0 Å². The van der Waals surface area contributed by atoms with Crippen LogP contribution in [0.3, 0.4) is 0 Å². The lowest BCUT2D eigenvalue weighted by Gasteiger charge is -2.04. The molecule has 3 nitrogen and oxygen atoms in total. The summed E-state index contributed by atoms with van der Waals surface area (Å²) in [5, 5.41) is 0. The van der Waals surface area contributed by atoms with Crippen LogP contribution in [0.5, 0.6) is 0 Å². The lowest BCUT2D eigenvalue weighted by molar-refractivity contribution is 0.843. The van der Waals surface area contributed by atoms with Gasteiger partial charge in [0.25, 0.3) is 0 Å². The molecule has 0 spiro atoms. The number of hydrogen-bond donors (Lipinski definition) is 1. The predicted octanol–water partition coefficient (Wildman–Crippen LogP) is 2.93. The summed E-state index contributed by atoms with van der Waals surface area (Å²) in [7, 11) is 2.07. The maximum atomic E-state index is 5.71. The molecule has 3 rings (SSSR count). The zero-order valence-electron chi connectivity index (χ0n) is 11.9. The molecule has 2 N–H and O–H groups in total. The SMILES string of the molecule is Cc1cccc(Cc2nc3ccc(CN)cc3n2C)c1. The van der Waals surface area contributed by atoms with Crippen molar-refractivity contribution in [3.8, 4) is 0 Å². The minimum atomic E-state index is 0.564. The summed E-state index contributed by atoms with van der Waals surface area (Å²) in [6.07, 6.45) is 0.852. The van der Waals surface area contributed by atoms with Crippen molar-refractivity contribution in [1.29, 1.82) is 0 Å². The highest BCUT2D eigenvalue weighted by Gasteiger charge is 2.09. The Morgan fingerprint density at radius 1 is 1.10 bits per heavy atom. The van der Waals surface area contributed by atoms with E-state index in [9.17, 15) is 0 Å². The van der Waals surface area contributed by atoms with E-state index in [0.29, 0.717) is 6.54 Å². The fourth-order valence-electron chi connectivity index (χ4n) is 2.58. The molecule has 0 aliphatic carbocycles. The van der Waals surface area contributed by atoms with Gasteiger partial charge in [-0.2, -0.15) is 0 Å². The molecule has 3 aromatic rings. The van der Waals surface area contributed by atoms with E-state index in [1.807, 2.05) is 6.07 Å². The van der Waals surface area contributed by atoms with Crippen LogP contribution in [0.1, 0.15) is 22.5 Å². The first-order chi connectivity index (χ1) is 9.67. The van der Waals surface area contributed by atoms with Crippen molar-refractivity contribution in [3.63, 3.8) is 0 Å². The number of imidazole rings is 1. The highest BCUT2D eigenvalue weighted by atomic mass is 15.1. The number of aryl methyl sites for hydroxylation is 2. The van der Waals surface area contributed by atoms with Crippen LogP contribution >= 0.6 is 0 Å². The Hall–Kier alpha value is -2.13. The van der Waals surface area contributed by atoms with Gasteiger partial charge in [-0.1, -0.05) is 35.9 Å². The van der Waals surface area contributed by atoms with Crippen LogP contribution in [0, 0.1) is 6.92 Å². The Labute approximate surface area is 119 Å². The van der Waals surface area contributed by atoms with Gasteiger partial charge in [0.2, 0.25) is 0 Å². The molecule has 0 aliphatic heterocycles. The average molecular weight is 265 g/mol. The second kappa shape index (κ2) is 5.10. The van der Waals surface area contributed by atoms with E-state index in [4.69, 9.17) is 10.7 Å². The van der Waals surface area contributed by atoms with E-state index in [1.54, 1.807) is 0 Å². The molecule has 0 atom stereocenters. The van der Waals surface area contributed by atoms with Gasteiger partial charge >= 0.3 is 0 Å². The van der Waals surface area contributed by atoms with E-state index in [0.717, 1.165) is 28.8 Å². The van der Waals surface area contributed by atoms with Crippen LogP contribution < -0.4 is 5.73 Å². The second-order valence-corrected chi connectivity index (χ2v) is 5.28. The number of nitrogens with zero attached hydrogens (tertiary/aromatic N) is 2. The molecular weight excluding hydrogens is 246 g/mol. The van der Waals surface area contributed by atoms with Crippen LogP contribution in [-0.2, 0) is 20.0 Å². The smallest absolute Gasteiger partial charge is 0.114 e. The molecule has 2 aromatic carbocycles. The Bertz CT molecular complexity index is 756. The summed E-state index contributed by atoms with van der Waals surface area (Å²) in [6.45, 7) is 2.68. The molecule has 0 aliphatic rings. The monoisotopic (exact) mass is 265 g/mol. The maximum Gasteiger partial charge on any atom is 0.114 e. The second-order valence-electron chi connectivity index (χ2n) is 5.28. The predicted molar refractivity (Wildman–Crippen MR) is 82.6 cm³/mol. The quantitative estimate of drug-likeness (QED) is 0.791. The molecule has 0 bridgehead atoms. The Balaban J connectivity index is 2.02. The molecule has 102 valence electrons. The van der Waals surface area contributed by atoms with Crippen LogP contribution in [0.2, 0.25) is 0 Å². The van der Waals surface area contributed by atoms with Gasteiger partial charge in [0.05, 0.1) is 11.0 Å². The number of hydrogen-bond acceptors (Lipinski definition) is 2. The van der Waals surface area contributed by atoms with E-state index >= 15 is 0 Å². The van der Waals surface area contributed by atoms with E-state index in [1.165, 1.54) is 11.1 Å². The average Bonchev–Trinajstić information content (AvgIpc) is 2.75. The Morgan fingerprint density at radius 2 is 1.95 bits per heavy atom. The molecule has 0 radical (unpaired) electrons. The lowest BCUT2D eigenvalue weighted by atomic mass is 10.1. The fraction of sp³-hybridized carbons (Fsp3) is 0.235. The molecule has 3 heteroatoms. The first kappa shape index (κ1) is 12.9. The van der Waals surface area contributed by atoms with E-state index < -0.39 is 0 Å². The number of rotatable bonds is 3. The molecule has 0 saturated heterocycles. The van der Waals surface area contributed by atoms with Crippen molar-refractivity contribution in [1.82, 2.24) is 9.55 Å². The molecule has 0 amide bonds. The van der Waals surface area contributed by atoms with Crippen molar-refractivity contribution >= 4 is 11.0 Å². The van der Waals surface area contributed by atoms with Crippen LogP contribution in [-0.4, -0.2) is 9.55 Å². The number of nitrogens with two attached hydrogens (primary N) is 1. The minimum absolute atomic E-state index is 0.564. The summed E-state index contributed by atoms with van der Waals surface area (Å²) in [4.78, 5) is 4.73. The van der Waals surface area contributed by atoms with Crippen molar-refractivity contribution < 1.29 is 0 Å². The van der Waals surface area contributed by atoms with Crippen molar-refractivity contribution in [2.45, 2.75) is 19.9 Å². The summed E-state index contributed by atoms with van der Waals surface area (Å²) in [5.41, 5.74) is 11.6. The summed E-state index contributed by atoms with van der Waals surface area (Å²) < 4.78 is 2.16. The number of fused-ring (bicyclic) bond motifs is 1. The van der Waals surface area contributed by atoms with Gasteiger partial charge in [-0.15, -0.1) is 0 Å². The van der Waals surface area contributed by atoms with Crippen molar-refractivity contribution in [2.75, 3.05) is 0 Å². The standard InChI is InChI=1S/C17H19N3/c1-12-4-3-5-13(8-12)10-17-19-15-7-6-14(11-18)9-16(15)20(17)2/h3-9H,10-11,18H2,1-2H3. The Morgan fingerprint density at radius 3 is 2.70 bits per heavy atom. The normalized spacial score (nSPS) is 11.2. The number of aromatic nitrogens is 2. The Kier molecular flexibility index (Phi) is 3.28. The minimum Gasteiger partial charge on any atom is -0.331 e. The molecule has 20 heavy (non-hydrogen) atoms. The first-order valence-corrected chi connectivity index (χ1v) is 6.87. The van der Waals surface area contributed by atoms with Gasteiger partial charge in [-0.3, -0.25) is 0 Å². The van der Waals surface area contributed by atoms with Crippen LogP contribution in [0.4, 0.5) is 0 Å². The largest absolute Gasteiger partial charge is 0.331 e. The summed E-state index contributed by atoms with van der Waals surface area (Å²) in [5.74, 6) is 1.08. The molecule has 1 aromatic heterocycles. The highest BCUT2D eigenvalue weighted by molar-refractivity contribution is 5.77. The van der Waals surface area contributed by atoms with Crippen LogP contribution in [0.15, 0.2) is 42.5 Å². The lowest BCUT2D eigenvalue weighted by Crippen LogP contribution is -2.00. The van der Waals surface area contributed by atoms with Gasteiger partial charge in [-0.05, 0) is 30.2 Å². The molecular formula is C17H19N3. The summed E-state index contributed by atoms with van der Waals surface area (Å²) in [6, 6.07) is 14.8. The molecule has 0 unspecified atom stereocenters. The summed E-state index contributed by atoms with van der Waals surface area (Å²) >= 11 is 0. The number of benzene rings is 2. The van der Waals surface area contributed by atoms with Gasteiger partial charge < -0.3 is 10.3 Å². The topological polar surface area (TPSA) is 43.8 Å². The first-order valence-electron chi connectivity index (χ1n) is 6.87. The van der Waals surface area contributed by atoms with Gasteiger partial charge in [0, 0.05) is 20.0 Å². The zero-order valence-corrected chi connectivity index (χ0v) is 11.9. The van der Waals surface area contributed by atoms with Gasteiger partial charge in [-0.25, -0.2) is 4.98 Å². The third-order valence-electron chi connectivity index (χ3n) is 3.72. The molecule has 1 heterocycles. The van der Waals surface area contributed by atoms with E-state index in [-0.39, 0.29) is 0 Å². The molecule has 0 fully saturated rings. The maximum absolute atomic E-state index is 5.71. The third kappa shape index (κ3) is 2.32. The molecule has 0 saturated carbocycles. The third-order valence-corrected chi connectivity index (χ3v) is 3.72. The van der Waals surface area contributed by atoms with E-state index in [2.05, 4.69) is 54.9 Å². The van der Waals surface area contributed by atoms with Crippen molar-refractivity contribution in [3.05, 3.63) is 65.0 Å². The van der Waals surface area contributed by atoms with Crippen LogP contribution in [0.25, 0.3) is 11.0 Å². The van der Waals surface area contributed by atoms with Crippen molar-refractivity contribution in [2.24, 2.45) is 12.8 Å². The highest BCUT2D eigenvalue weighted by Crippen LogP contribution is 2.19.